The van der Waals surface area contributed by atoms with Gasteiger partial charge in [0.15, 0.2) is 0 Å². The summed E-state index contributed by atoms with van der Waals surface area (Å²) in [6, 6.07) is 5.82. The molecule has 2 amide bonds. The topological polar surface area (TPSA) is 59.1 Å². The highest BCUT2D eigenvalue weighted by molar-refractivity contribution is 6.30. The number of nitrogens with zero attached hydrogens (tertiary/aromatic N) is 2. The van der Waals surface area contributed by atoms with Crippen molar-refractivity contribution in [3.63, 3.8) is 0 Å². The predicted molar refractivity (Wildman–Crippen MR) is 131 cm³/mol. The SMILES string of the molecule is CC(=O)N1CCC(CC(=O)N2CCC3(CC2)CO[C@@H]2c4cc(Cl)ccc4OC(C)(C)[C@H]2C3)CC1. The second kappa shape index (κ2) is 9.02. The Morgan fingerprint density at radius 3 is 2.47 bits per heavy atom. The molecule has 0 bridgehead atoms. The molecule has 7 heteroatoms. The molecular formula is C27H37ClN2O4. The molecule has 4 aliphatic rings. The molecule has 0 unspecified atom stereocenters. The van der Waals surface area contributed by atoms with Gasteiger partial charge in [-0.25, -0.2) is 0 Å². The van der Waals surface area contributed by atoms with E-state index < -0.39 is 0 Å². The van der Waals surface area contributed by atoms with E-state index in [9.17, 15) is 9.59 Å². The van der Waals surface area contributed by atoms with Crippen LogP contribution in [0.4, 0.5) is 0 Å². The van der Waals surface area contributed by atoms with Gasteiger partial charge >= 0.3 is 0 Å². The molecule has 4 aliphatic heterocycles. The Balaban J connectivity index is 1.19. The van der Waals surface area contributed by atoms with Gasteiger partial charge < -0.3 is 19.3 Å². The summed E-state index contributed by atoms with van der Waals surface area (Å²) in [6.45, 7) is 9.85. The lowest BCUT2D eigenvalue weighted by Crippen LogP contribution is -2.54. The Labute approximate surface area is 207 Å². The van der Waals surface area contributed by atoms with Gasteiger partial charge in [0.05, 0.1) is 12.7 Å². The number of carbonyl (C=O) groups is 2. The minimum absolute atomic E-state index is 0.00334. The second-order valence-corrected chi connectivity index (χ2v) is 11.9. The van der Waals surface area contributed by atoms with Gasteiger partial charge in [-0.2, -0.15) is 0 Å². The zero-order valence-electron chi connectivity index (χ0n) is 20.6. The fourth-order valence-corrected chi connectivity index (χ4v) is 6.71. The van der Waals surface area contributed by atoms with Gasteiger partial charge in [0.1, 0.15) is 11.4 Å². The summed E-state index contributed by atoms with van der Waals surface area (Å²) in [5, 5.41) is 0.712. The molecule has 1 spiro atoms. The van der Waals surface area contributed by atoms with E-state index in [4.69, 9.17) is 21.1 Å². The number of fused-ring (bicyclic) bond motifs is 3. The lowest BCUT2D eigenvalue weighted by molar-refractivity contribution is -0.176. The fraction of sp³-hybridized carbons (Fsp3) is 0.704. The Kier molecular flexibility index (Phi) is 6.34. The van der Waals surface area contributed by atoms with Gasteiger partial charge in [0.25, 0.3) is 0 Å². The van der Waals surface area contributed by atoms with Crippen LogP contribution < -0.4 is 4.74 Å². The van der Waals surface area contributed by atoms with Crippen LogP contribution in [0.25, 0.3) is 0 Å². The van der Waals surface area contributed by atoms with Crippen molar-refractivity contribution >= 4 is 23.4 Å². The third-order valence-electron chi connectivity index (χ3n) is 8.83. The summed E-state index contributed by atoms with van der Waals surface area (Å²) in [5.74, 6) is 1.93. The molecule has 3 fully saturated rings. The average molecular weight is 489 g/mol. The van der Waals surface area contributed by atoms with Crippen LogP contribution in [0.5, 0.6) is 5.75 Å². The summed E-state index contributed by atoms with van der Waals surface area (Å²) in [6.07, 6.45) is 5.47. The van der Waals surface area contributed by atoms with Crippen molar-refractivity contribution in [3.8, 4) is 5.75 Å². The molecule has 6 nitrogen and oxygen atoms in total. The van der Waals surface area contributed by atoms with E-state index in [1.165, 1.54) is 0 Å². The normalized spacial score (nSPS) is 28.1. The lowest BCUT2D eigenvalue weighted by Gasteiger charge is -2.54. The molecule has 5 rings (SSSR count). The summed E-state index contributed by atoms with van der Waals surface area (Å²) in [7, 11) is 0. The smallest absolute Gasteiger partial charge is 0.222 e. The number of benzene rings is 1. The summed E-state index contributed by atoms with van der Waals surface area (Å²) in [5.41, 5.74) is 0.845. The number of piperidine rings is 2. The molecule has 186 valence electrons. The molecule has 0 radical (unpaired) electrons. The first kappa shape index (κ1) is 23.9. The first-order chi connectivity index (χ1) is 16.2. The highest BCUT2D eigenvalue weighted by Gasteiger charge is 2.53. The Bertz CT molecular complexity index is 948. The number of carbonyl (C=O) groups excluding carboxylic acids is 2. The van der Waals surface area contributed by atoms with Crippen LogP contribution in [0.3, 0.4) is 0 Å². The fourth-order valence-electron chi connectivity index (χ4n) is 6.53. The lowest BCUT2D eigenvalue weighted by atomic mass is 9.64. The van der Waals surface area contributed by atoms with E-state index in [0.717, 1.165) is 76.2 Å². The third-order valence-corrected chi connectivity index (χ3v) is 9.07. The maximum absolute atomic E-state index is 13.0. The van der Waals surface area contributed by atoms with E-state index in [1.54, 1.807) is 6.92 Å². The van der Waals surface area contributed by atoms with Crippen molar-refractivity contribution in [3.05, 3.63) is 28.8 Å². The van der Waals surface area contributed by atoms with Crippen LogP contribution in [0, 0.1) is 17.3 Å². The molecule has 1 aromatic carbocycles. The van der Waals surface area contributed by atoms with Gasteiger partial charge in [0.2, 0.25) is 11.8 Å². The van der Waals surface area contributed by atoms with Crippen molar-refractivity contribution in [1.82, 2.24) is 9.80 Å². The number of amides is 2. The van der Waals surface area contributed by atoms with E-state index in [1.807, 2.05) is 23.1 Å². The van der Waals surface area contributed by atoms with E-state index in [2.05, 4.69) is 18.7 Å². The molecular weight excluding hydrogens is 452 g/mol. The summed E-state index contributed by atoms with van der Waals surface area (Å²) in [4.78, 5) is 28.5. The van der Waals surface area contributed by atoms with Gasteiger partial charge in [-0.15, -0.1) is 0 Å². The first-order valence-corrected chi connectivity index (χ1v) is 13.2. The molecule has 0 aliphatic carbocycles. The van der Waals surface area contributed by atoms with Gasteiger partial charge in [-0.3, -0.25) is 9.59 Å². The zero-order valence-corrected chi connectivity index (χ0v) is 21.4. The standard InChI is InChI=1S/C27H37ClN2O4/c1-18(31)29-10-6-19(7-11-29)14-24(32)30-12-8-27(9-13-30)16-22-25(33-17-27)21-15-20(28)4-5-23(21)34-26(22,2)3/h4-5,15,19,22,25H,6-14,16-17H2,1-3H3/t22-,25+/m0/s1. The highest BCUT2D eigenvalue weighted by atomic mass is 35.5. The number of hydrogen-bond acceptors (Lipinski definition) is 4. The van der Waals surface area contributed by atoms with Crippen molar-refractivity contribution in [1.29, 1.82) is 0 Å². The molecule has 0 N–H and O–H groups in total. The van der Waals surface area contributed by atoms with Crippen molar-refractivity contribution < 1.29 is 19.1 Å². The minimum atomic E-state index is -0.319. The monoisotopic (exact) mass is 488 g/mol. The van der Waals surface area contributed by atoms with Crippen molar-refractivity contribution in [2.45, 2.75) is 71.0 Å². The van der Waals surface area contributed by atoms with Crippen LogP contribution in [0.2, 0.25) is 5.02 Å². The quantitative estimate of drug-likeness (QED) is 0.597. The van der Waals surface area contributed by atoms with Crippen LogP contribution in [-0.4, -0.2) is 60.0 Å². The maximum Gasteiger partial charge on any atom is 0.222 e. The van der Waals surface area contributed by atoms with E-state index >= 15 is 0 Å². The number of halogens is 1. The first-order valence-electron chi connectivity index (χ1n) is 12.8. The molecule has 0 saturated carbocycles. The molecule has 0 aromatic heterocycles. The van der Waals surface area contributed by atoms with Crippen LogP contribution in [0.1, 0.15) is 71.0 Å². The second-order valence-electron chi connectivity index (χ2n) is 11.5. The predicted octanol–water partition coefficient (Wildman–Crippen LogP) is 4.85. The number of likely N-dealkylation sites (tertiary alicyclic amines) is 2. The Morgan fingerprint density at radius 2 is 1.79 bits per heavy atom. The number of ether oxygens (including phenoxy) is 2. The molecule has 1 aromatic rings. The third kappa shape index (κ3) is 4.56. The van der Waals surface area contributed by atoms with Crippen molar-refractivity contribution in [2.24, 2.45) is 17.3 Å². The van der Waals surface area contributed by atoms with Gasteiger partial charge in [-0.05, 0) is 75.5 Å². The largest absolute Gasteiger partial charge is 0.487 e. The van der Waals surface area contributed by atoms with Crippen molar-refractivity contribution in [2.75, 3.05) is 32.8 Å². The summed E-state index contributed by atoms with van der Waals surface area (Å²) >= 11 is 6.29. The van der Waals surface area contributed by atoms with E-state index in [0.29, 0.717) is 17.4 Å². The van der Waals surface area contributed by atoms with Crippen LogP contribution in [-0.2, 0) is 14.3 Å². The van der Waals surface area contributed by atoms with Gasteiger partial charge in [0, 0.05) is 56.0 Å². The molecule has 34 heavy (non-hydrogen) atoms. The Morgan fingerprint density at radius 1 is 1.09 bits per heavy atom. The number of hydrogen-bond donors (Lipinski definition) is 0. The minimum Gasteiger partial charge on any atom is -0.487 e. The number of rotatable bonds is 2. The van der Waals surface area contributed by atoms with Crippen LogP contribution in [0.15, 0.2) is 18.2 Å². The molecule has 4 heterocycles. The summed E-state index contributed by atoms with van der Waals surface area (Å²) < 4.78 is 13.0. The Hall–Kier alpha value is -1.79. The molecule has 3 saturated heterocycles. The van der Waals surface area contributed by atoms with E-state index in [-0.39, 0.29) is 34.9 Å². The average Bonchev–Trinajstić information content (AvgIpc) is 2.80. The van der Waals surface area contributed by atoms with Gasteiger partial charge in [-0.1, -0.05) is 11.6 Å². The highest BCUT2D eigenvalue weighted by Crippen LogP contribution is 2.55. The zero-order chi connectivity index (χ0) is 24.1. The molecule has 2 atom stereocenters. The van der Waals surface area contributed by atoms with Crippen LogP contribution >= 0.6 is 11.6 Å². The maximum atomic E-state index is 13.0.